The number of carbonyl (C=O) groups is 1. The van der Waals surface area contributed by atoms with Crippen molar-refractivity contribution in [2.45, 2.75) is 12.6 Å². The third-order valence-electron chi connectivity index (χ3n) is 4.83. The minimum absolute atomic E-state index is 0.0320. The Morgan fingerprint density at radius 3 is 2.29 bits per heavy atom. The zero-order chi connectivity index (χ0) is 21.8. The van der Waals surface area contributed by atoms with Crippen LogP contribution in [0.3, 0.4) is 0 Å². The van der Waals surface area contributed by atoms with Crippen LogP contribution in [0.1, 0.15) is 22.0 Å². The first-order valence-corrected chi connectivity index (χ1v) is 9.51. The predicted molar refractivity (Wildman–Crippen MR) is 111 cm³/mol. The second kappa shape index (κ2) is 8.79. The zero-order valence-corrected chi connectivity index (χ0v) is 16.3. The lowest BCUT2D eigenvalue weighted by Crippen LogP contribution is -2.15. The highest BCUT2D eigenvalue weighted by Crippen LogP contribution is 2.31. The highest BCUT2D eigenvalue weighted by atomic mass is 19.1. The van der Waals surface area contributed by atoms with E-state index >= 15 is 0 Å². The van der Waals surface area contributed by atoms with Gasteiger partial charge in [0, 0.05) is 12.4 Å². The number of ether oxygens (including phenoxy) is 1. The predicted octanol–water partition coefficient (Wildman–Crippen LogP) is 5.35. The molecule has 1 N–H and O–H groups in total. The molecule has 31 heavy (non-hydrogen) atoms. The highest BCUT2D eigenvalue weighted by molar-refractivity contribution is 5.96. The topological polar surface area (TPSA) is 64.3 Å². The summed E-state index contributed by atoms with van der Waals surface area (Å²) in [4.78, 5) is 15.9. The molecule has 0 aliphatic carbocycles. The van der Waals surface area contributed by atoms with Crippen LogP contribution in [0.15, 0.2) is 85.5 Å². The molecule has 0 saturated heterocycles. The Kier molecular flexibility index (Phi) is 5.75. The van der Waals surface area contributed by atoms with E-state index in [1.165, 1.54) is 42.5 Å². The third kappa shape index (κ3) is 4.78. The molecule has 0 aliphatic rings. The molecule has 0 bridgehead atoms. The van der Waals surface area contributed by atoms with Gasteiger partial charge < -0.3 is 14.4 Å². The van der Waals surface area contributed by atoms with E-state index in [4.69, 9.17) is 4.74 Å². The maximum Gasteiger partial charge on any atom is 0.336 e. The van der Waals surface area contributed by atoms with Crippen molar-refractivity contribution < 1.29 is 23.4 Å². The average Bonchev–Trinajstić information content (AvgIpc) is 3.28. The number of aromatic carboxylic acids is 1. The van der Waals surface area contributed by atoms with Gasteiger partial charge in [0.25, 0.3) is 0 Å². The lowest BCUT2D eigenvalue weighted by Gasteiger charge is -2.21. The largest absolute Gasteiger partial charge is 0.484 e. The van der Waals surface area contributed by atoms with Crippen LogP contribution in [0.4, 0.5) is 8.78 Å². The smallest absolute Gasteiger partial charge is 0.336 e. The number of carboxylic acids is 1. The second-order valence-corrected chi connectivity index (χ2v) is 6.94. The molecule has 0 radical (unpaired) electrons. The molecule has 1 atom stereocenters. The number of benzene rings is 3. The van der Waals surface area contributed by atoms with Gasteiger partial charge in [0.05, 0.1) is 18.4 Å². The van der Waals surface area contributed by atoms with Crippen LogP contribution in [0.25, 0.3) is 11.1 Å². The van der Waals surface area contributed by atoms with E-state index in [1.807, 2.05) is 4.57 Å². The van der Waals surface area contributed by atoms with E-state index < -0.39 is 17.9 Å². The monoisotopic (exact) mass is 420 g/mol. The van der Waals surface area contributed by atoms with Gasteiger partial charge in [0.1, 0.15) is 23.5 Å². The van der Waals surface area contributed by atoms with E-state index in [-0.39, 0.29) is 11.4 Å². The molecule has 7 heteroatoms. The number of halogens is 2. The molecule has 3 aromatic carbocycles. The van der Waals surface area contributed by atoms with Crippen molar-refractivity contribution in [2.24, 2.45) is 0 Å². The molecule has 0 aliphatic heterocycles. The van der Waals surface area contributed by atoms with Gasteiger partial charge in [-0.3, -0.25) is 0 Å². The summed E-state index contributed by atoms with van der Waals surface area (Å²) < 4.78 is 34.6. The van der Waals surface area contributed by atoms with Crippen LogP contribution in [0, 0.1) is 11.6 Å². The van der Waals surface area contributed by atoms with Crippen molar-refractivity contribution in [2.75, 3.05) is 0 Å². The van der Waals surface area contributed by atoms with Gasteiger partial charge in [-0.25, -0.2) is 18.6 Å². The molecule has 1 aromatic heterocycles. The van der Waals surface area contributed by atoms with E-state index in [0.717, 1.165) is 5.56 Å². The Morgan fingerprint density at radius 1 is 1.00 bits per heavy atom. The van der Waals surface area contributed by atoms with E-state index in [0.29, 0.717) is 23.4 Å². The molecule has 4 aromatic rings. The Morgan fingerprint density at radius 2 is 1.68 bits per heavy atom. The summed E-state index contributed by atoms with van der Waals surface area (Å²) in [6.07, 6.45) is 4.55. The lowest BCUT2D eigenvalue weighted by molar-refractivity contribution is 0.0696. The fourth-order valence-corrected chi connectivity index (χ4v) is 3.29. The van der Waals surface area contributed by atoms with Crippen LogP contribution < -0.4 is 4.74 Å². The normalized spacial score (nSPS) is 11.8. The molecule has 1 heterocycles. The quantitative estimate of drug-likeness (QED) is 0.438. The number of carboxylic acid groups (broad SMARTS) is 1. The van der Waals surface area contributed by atoms with E-state index in [2.05, 4.69) is 4.98 Å². The molecular weight excluding hydrogens is 402 g/mol. The van der Waals surface area contributed by atoms with Crippen molar-refractivity contribution in [3.05, 3.63) is 108 Å². The van der Waals surface area contributed by atoms with Gasteiger partial charge in [-0.15, -0.1) is 0 Å². The summed E-state index contributed by atoms with van der Waals surface area (Å²) >= 11 is 0. The van der Waals surface area contributed by atoms with Gasteiger partial charge in [-0.1, -0.05) is 24.3 Å². The molecule has 0 fully saturated rings. The first kappa shape index (κ1) is 20.3. The Balaban J connectivity index is 1.67. The van der Waals surface area contributed by atoms with Gasteiger partial charge in [-0.2, -0.15) is 0 Å². The molecule has 5 nitrogen and oxygen atoms in total. The molecule has 0 amide bonds. The average molecular weight is 420 g/mol. The maximum absolute atomic E-state index is 13.4. The summed E-state index contributed by atoms with van der Waals surface area (Å²) in [5.41, 5.74) is 1.80. The lowest BCUT2D eigenvalue weighted by atomic mass is 9.99. The number of rotatable bonds is 7. The Labute approximate surface area is 177 Å². The number of hydrogen-bond donors (Lipinski definition) is 1. The van der Waals surface area contributed by atoms with Crippen molar-refractivity contribution in [3.8, 4) is 16.9 Å². The van der Waals surface area contributed by atoms with E-state index in [9.17, 15) is 18.7 Å². The van der Waals surface area contributed by atoms with Crippen molar-refractivity contribution in [3.63, 3.8) is 0 Å². The number of hydrogen-bond acceptors (Lipinski definition) is 3. The summed E-state index contributed by atoms with van der Waals surface area (Å²) in [6.45, 7) is 0.397. The summed E-state index contributed by atoms with van der Waals surface area (Å²) in [6, 6.07) is 16.3. The SMILES string of the molecule is O=C(O)c1cc(OC(Cn2ccnc2)c2ccc(F)cc2)ccc1-c1ccc(F)cc1. The van der Waals surface area contributed by atoms with Crippen molar-refractivity contribution in [1.82, 2.24) is 9.55 Å². The Hall–Kier alpha value is -4.00. The first-order chi connectivity index (χ1) is 15.0. The van der Waals surface area contributed by atoms with Crippen LogP contribution >= 0.6 is 0 Å². The van der Waals surface area contributed by atoms with Crippen LogP contribution in [-0.2, 0) is 6.54 Å². The fraction of sp³-hybridized carbons (Fsp3) is 0.0833. The second-order valence-electron chi connectivity index (χ2n) is 6.94. The minimum atomic E-state index is -1.13. The van der Waals surface area contributed by atoms with Gasteiger partial charge >= 0.3 is 5.97 Å². The van der Waals surface area contributed by atoms with Crippen LogP contribution in [0.2, 0.25) is 0 Å². The molecular formula is C24H18F2N2O3. The van der Waals surface area contributed by atoms with Gasteiger partial charge in [-0.05, 0) is 59.2 Å². The zero-order valence-electron chi connectivity index (χ0n) is 16.3. The summed E-state index contributed by atoms with van der Waals surface area (Å²) in [5, 5.41) is 9.71. The number of aromatic nitrogens is 2. The third-order valence-corrected chi connectivity index (χ3v) is 4.83. The van der Waals surface area contributed by atoms with Crippen molar-refractivity contribution >= 4 is 5.97 Å². The Bertz CT molecular complexity index is 1170. The van der Waals surface area contributed by atoms with Crippen LogP contribution in [0.5, 0.6) is 5.75 Å². The highest BCUT2D eigenvalue weighted by Gasteiger charge is 2.18. The van der Waals surface area contributed by atoms with Gasteiger partial charge in [0.2, 0.25) is 0 Å². The van der Waals surface area contributed by atoms with E-state index in [1.54, 1.807) is 43.0 Å². The molecule has 1 unspecified atom stereocenters. The minimum Gasteiger partial charge on any atom is -0.484 e. The fourth-order valence-electron chi connectivity index (χ4n) is 3.29. The van der Waals surface area contributed by atoms with Crippen LogP contribution in [-0.4, -0.2) is 20.6 Å². The van der Waals surface area contributed by atoms with Crippen molar-refractivity contribution in [1.29, 1.82) is 0 Å². The summed E-state index contributed by atoms with van der Waals surface area (Å²) in [5.74, 6) is -1.54. The van der Waals surface area contributed by atoms with Gasteiger partial charge in [0.15, 0.2) is 0 Å². The molecule has 156 valence electrons. The summed E-state index contributed by atoms with van der Waals surface area (Å²) in [7, 11) is 0. The molecule has 4 rings (SSSR count). The maximum atomic E-state index is 13.4. The standard InChI is InChI=1S/C24H18F2N2O3/c25-18-5-1-16(2-6-18)21-10-9-20(13-22(21)24(29)30)31-23(14-28-12-11-27-15-28)17-3-7-19(26)8-4-17/h1-13,15,23H,14H2,(H,29,30). The molecule has 0 saturated carbocycles. The number of nitrogens with zero attached hydrogens (tertiary/aromatic N) is 2. The number of imidazole rings is 1. The first-order valence-electron chi connectivity index (χ1n) is 9.51. The molecule has 0 spiro atoms.